The van der Waals surface area contributed by atoms with Gasteiger partial charge >= 0.3 is 0 Å². The van der Waals surface area contributed by atoms with Gasteiger partial charge in [-0.15, -0.1) is 0 Å². The summed E-state index contributed by atoms with van der Waals surface area (Å²) >= 11 is 0. The standard InChI is InChI=1S/C22H21FN2O4/c1-27-19-10-3-15(13-20(19)28-2)4-11-21(26)25-17-7-12-22(24-14-17)29-18-8-5-16(23)6-9-18/h3,5-10,12-14H,4,11H2,1-2H3,(H,25,26). The number of amides is 1. The maximum Gasteiger partial charge on any atom is 0.224 e. The highest BCUT2D eigenvalue weighted by Gasteiger charge is 2.08. The van der Waals surface area contributed by atoms with Crippen LogP contribution in [0.5, 0.6) is 23.1 Å². The highest BCUT2D eigenvalue weighted by molar-refractivity contribution is 5.90. The van der Waals surface area contributed by atoms with Gasteiger partial charge in [0.05, 0.1) is 26.1 Å². The van der Waals surface area contributed by atoms with Crippen molar-refractivity contribution in [2.45, 2.75) is 12.8 Å². The lowest BCUT2D eigenvalue weighted by Crippen LogP contribution is -2.12. The Morgan fingerprint density at radius 3 is 2.41 bits per heavy atom. The van der Waals surface area contributed by atoms with Crippen LogP contribution in [0.1, 0.15) is 12.0 Å². The van der Waals surface area contributed by atoms with Gasteiger partial charge in [0.15, 0.2) is 11.5 Å². The molecule has 1 heterocycles. The molecule has 1 N–H and O–H groups in total. The lowest BCUT2D eigenvalue weighted by molar-refractivity contribution is -0.116. The van der Waals surface area contributed by atoms with E-state index >= 15 is 0 Å². The molecule has 0 aliphatic carbocycles. The number of halogens is 1. The third-order valence-corrected chi connectivity index (χ3v) is 4.14. The first kappa shape index (κ1) is 20.1. The van der Waals surface area contributed by atoms with Gasteiger partial charge in [-0.2, -0.15) is 0 Å². The van der Waals surface area contributed by atoms with Crippen molar-refractivity contribution in [1.82, 2.24) is 4.98 Å². The molecule has 0 bridgehead atoms. The quantitative estimate of drug-likeness (QED) is 0.603. The Balaban J connectivity index is 1.52. The van der Waals surface area contributed by atoms with E-state index in [9.17, 15) is 9.18 Å². The molecule has 7 heteroatoms. The Morgan fingerprint density at radius 2 is 1.76 bits per heavy atom. The Kier molecular flexibility index (Phi) is 6.63. The number of pyridine rings is 1. The molecular formula is C22H21FN2O4. The molecule has 0 unspecified atom stereocenters. The van der Waals surface area contributed by atoms with E-state index in [0.717, 1.165) is 5.56 Å². The highest BCUT2D eigenvalue weighted by Crippen LogP contribution is 2.28. The molecule has 0 saturated carbocycles. The number of anilines is 1. The molecule has 0 spiro atoms. The van der Waals surface area contributed by atoms with Crippen LogP contribution in [-0.2, 0) is 11.2 Å². The van der Waals surface area contributed by atoms with Crippen molar-refractivity contribution in [2.24, 2.45) is 0 Å². The summed E-state index contributed by atoms with van der Waals surface area (Å²) in [6.45, 7) is 0. The number of nitrogens with one attached hydrogen (secondary N) is 1. The number of carbonyl (C=O) groups is 1. The second-order valence-electron chi connectivity index (χ2n) is 6.18. The lowest BCUT2D eigenvalue weighted by Gasteiger charge is -2.10. The molecule has 3 rings (SSSR count). The maximum absolute atomic E-state index is 12.9. The van der Waals surface area contributed by atoms with Gasteiger partial charge in [0.25, 0.3) is 0 Å². The topological polar surface area (TPSA) is 69.7 Å². The van der Waals surface area contributed by atoms with E-state index in [0.29, 0.717) is 41.7 Å². The van der Waals surface area contributed by atoms with Crippen molar-refractivity contribution in [1.29, 1.82) is 0 Å². The molecule has 150 valence electrons. The van der Waals surface area contributed by atoms with E-state index in [1.807, 2.05) is 18.2 Å². The van der Waals surface area contributed by atoms with Gasteiger partial charge in [0.2, 0.25) is 11.8 Å². The van der Waals surface area contributed by atoms with Gasteiger partial charge in [-0.05, 0) is 54.4 Å². The lowest BCUT2D eigenvalue weighted by atomic mass is 10.1. The summed E-state index contributed by atoms with van der Waals surface area (Å²) in [6.07, 6.45) is 2.38. The zero-order valence-corrected chi connectivity index (χ0v) is 16.1. The molecule has 0 aliphatic heterocycles. The first-order valence-electron chi connectivity index (χ1n) is 8.97. The fraction of sp³-hybridized carbons (Fsp3) is 0.182. The summed E-state index contributed by atoms with van der Waals surface area (Å²) in [4.78, 5) is 16.4. The van der Waals surface area contributed by atoms with Crippen molar-refractivity contribution in [3.8, 4) is 23.1 Å². The van der Waals surface area contributed by atoms with Crippen molar-refractivity contribution in [3.05, 3.63) is 72.2 Å². The number of hydrogen-bond donors (Lipinski definition) is 1. The fourth-order valence-corrected chi connectivity index (χ4v) is 2.66. The summed E-state index contributed by atoms with van der Waals surface area (Å²) in [6, 6.07) is 14.5. The van der Waals surface area contributed by atoms with Crippen molar-refractivity contribution < 1.29 is 23.4 Å². The molecule has 2 aromatic carbocycles. The molecule has 0 fully saturated rings. The van der Waals surface area contributed by atoms with Crippen molar-refractivity contribution in [2.75, 3.05) is 19.5 Å². The Bertz CT molecular complexity index is 960. The molecule has 0 aliphatic rings. The predicted octanol–water partition coefficient (Wildman–Crippen LogP) is 4.60. The number of aryl methyl sites for hydroxylation is 1. The normalized spacial score (nSPS) is 10.3. The molecule has 0 radical (unpaired) electrons. The number of nitrogens with zero attached hydrogens (tertiary/aromatic N) is 1. The number of ether oxygens (including phenoxy) is 3. The first-order valence-corrected chi connectivity index (χ1v) is 8.97. The van der Waals surface area contributed by atoms with E-state index in [4.69, 9.17) is 14.2 Å². The van der Waals surface area contributed by atoms with E-state index < -0.39 is 0 Å². The van der Waals surface area contributed by atoms with Crippen LogP contribution in [0.15, 0.2) is 60.8 Å². The average molecular weight is 396 g/mol. The smallest absolute Gasteiger partial charge is 0.224 e. The van der Waals surface area contributed by atoms with Gasteiger partial charge in [-0.1, -0.05) is 6.07 Å². The van der Waals surface area contributed by atoms with E-state index in [1.165, 1.54) is 30.5 Å². The third kappa shape index (κ3) is 5.68. The molecule has 6 nitrogen and oxygen atoms in total. The first-order chi connectivity index (χ1) is 14.1. The van der Waals surface area contributed by atoms with Crippen LogP contribution in [0.25, 0.3) is 0 Å². The van der Waals surface area contributed by atoms with Crippen molar-refractivity contribution in [3.63, 3.8) is 0 Å². The summed E-state index contributed by atoms with van der Waals surface area (Å²) in [5.74, 6) is 1.64. The van der Waals surface area contributed by atoms with Crippen molar-refractivity contribution >= 4 is 11.6 Å². The molecule has 1 aromatic heterocycles. The van der Waals surface area contributed by atoms with Crippen LogP contribution in [0.3, 0.4) is 0 Å². The minimum Gasteiger partial charge on any atom is -0.493 e. The van der Waals surface area contributed by atoms with Crippen LogP contribution in [-0.4, -0.2) is 25.1 Å². The summed E-state index contributed by atoms with van der Waals surface area (Å²) in [7, 11) is 3.15. The Hall–Kier alpha value is -3.61. The third-order valence-electron chi connectivity index (χ3n) is 4.14. The molecular weight excluding hydrogens is 375 g/mol. The summed E-state index contributed by atoms with van der Waals surface area (Å²) < 4.78 is 28.9. The minimum atomic E-state index is -0.337. The zero-order valence-electron chi connectivity index (χ0n) is 16.1. The number of rotatable bonds is 8. The maximum atomic E-state index is 12.9. The SMILES string of the molecule is COc1ccc(CCC(=O)Nc2ccc(Oc3ccc(F)cc3)nc2)cc1OC. The van der Waals surface area contributed by atoms with E-state index in [-0.39, 0.29) is 11.7 Å². The molecule has 0 atom stereocenters. The number of hydrogen-bond acceptors (Lipinski definition) is 5. The fourth-order valence-electron chi connectivity index (χ4n) is 2.66. The average Bonchev–Trinajstić information content (AvgIpc) is 2.75. The van der Waals surface area contributed by atoms with Gasteiger partial charge in [-0.3, -0.25) is 4.79 Å². The number of benzene rings is 2. The van der Waals surface area contributed by atoms with E-state index in [2.05, 4.69) is 10.3 Å². The summed E-state index contributed by atoms with van der Waals surface area (Å²) in [5, 5.41) is 2.80. The molecule has 3 aromatic rings. The predicted molar refractivity (Wildman–Crippen MR) is 107 cm³/mol. The second-order valence-corrected chi connectivity index (χ2v) is 6.18. The van der Waals surface area contributed by atoms with E-state index in [1.54, 1.807) is 26.4 Å². The van der Waals surface area contributed by atoms with Gasteiger partial charge in [0.1, 0.15) is 11.6 Å². The molecule has 0 saturated heterocycles. The zero-order chi connectivity index (χ0) is 20.6. The summed E-state index contributed by atoms with van der Waals surface area (Å²) in [5.41, 5.74) is 1.53. The molecule has 29 heavy (non-hydrogen) atoms. The minimum absolute atomic E-state index is 0.131. The van der Waals surface area contributed by atoms with Crippen LogP contribution >= 0.6 is 0 Å². The largest absolute Gasteiger partial charge is 0.493 e. The van der Waals surface area contributed by atoms with Crippen LogP contribution < -0.4 is 19.5 Å². The van der Waals surface area contributed by atoms with Gasteiger partial charge in [-0.25, -0.2) is 9.37 Å². The number of methoxy groups -OCH3 is 2. The molecule has 1 amide bonds. The van der Waals surface area contributed by atoms with Crippen LogP contribution in [0.2, 0.25) is 0 Å². The second kappa shape index (κ2) is 9.54. The monoisotopic (exact) mass is 396 g/mol. The Morgan fingerprint density at radius 1 is 1.00 bits per heavy atom. The van der Waals surface area contributed by atoms with Crippen LogP contribution in [0.4, 0.5) is 10.1 Å². The highest BCUT2D eigenvalue weighted by atomic mass is 19.1. The van der Waals surface area contributed by atoms with Gasteiger partial charge < -0.3 is 19.5 Å². The number of carbonyl (C=O) groups excluding carboxylic acids is 1. The Labute approximate surface area is 168 Å². The van der Waals surface area contributed by atoms with Gasteiger partial charge in [0, 0.05) is 12.5 Å². The number of aromatic nitrogens is 1. The van der Waals surface area contributed by atoms with Crippen LogP contribution in [0, 0.1) is 5.82 Å².